The second-order valence-corrected chi connectivity index (χ2v) is 6.21. The minimum absolute atomic E-state index is 0.254. The number of hydrogen-bond acceptors (Lipinski definition) is 5. The van der Waals surface area contributed by atoms with Crippen molar-refractivity contribution in [2.75, 3.05) is 7.11 Å². The normalized spacial score (nSPS) is 15.1. The molecule has 0 fully saturated rings. The van der Waals surface area contributed by atoms with Crippen LogP contribution in [0.25, 0.3) is 6.08 Å². The second-order valence-electron chi connectivity index (χ2n) is 5.36. The molecule has 6 heteroatoms. The Labute approximate surface area is 154 Å². The van der Waals surface area contributed by atoms with Gasteiger partial charge < -0.3 is 14.2 Å². The Kier molecular flexibility index (Phi) is 5.19. The molecular weight excluding hydrogens is 386 g/mol. The zero-order chi connectivity index (χ0) is 17.8. The lowest BCUT2D eigenvalue weighted by atomic mass is 10.1. The fourth-order valence-electron chi connectivity index (χ4n) is 2.37. The van der Waals surface area contributed by atoms with Crippen molar-refractivity contribution in [2.24, 2.45) is 4.99 Å². The third-order valence-corrected chi connectivity index (χ3v) is 4.10. The third kappa shape index (κ3) is 4.09. The van der Waals surface area contributed by atoms with Crippen LogP contribution in [0.15, 0.2) is 57.6 Å². The van der Waals surface area contributed by atoms with Gasteiger partial charge in [0.25, 0.3) is 0 Å². The van der Waals surface area contributed by atoms with Gasteiger partial charge in [0.2, 0.25) is 0 Å². The van der Waals surface area contributed by atoms with Crippen LogP contribution in [0, 0.1) is 0 Å². The molecule has 25 heavy (non-hydrogen) atoms. The van der Waals surface area contributed by atoms with Crippen molar-refractivity contribution in [3.05, 3.63) is 63.8 Å². The van der Waals surface area contributed by atoms with Crippen LogP contribution in [-0.4, -0.2) is 19.0 Å². The Balaban J connectivity index is 1.86. The molecule has 2 aromatic rings. The average molecular weight is 402 g/mol. The molecule has 3 rings (SSSR count). The Morgan fingerprint density at radius 2 is 2.00 bits per heavy atom. The molecule has 0 amide bonds. The molecule has 0 unspecified atom stereocenters. The van der Waals surface area contributed by atoms with Gasteiger partial charge in [-0.05, 0) is 45.3 Å². The van der Waals surface area contributed by atoms with E-state index in [1.54, 1.807) is 26.2 Å². The smallest absolute Gasteiger partial charge is 0.363 e. The molecule has 0 N–H and O–H groups in total. The second kappa shape index (κ2) is 7.53. The number of ether oxygens (including phenoxy) is 3. The number of cyclic esters (lactones) is 1. The Bertz CT molecular complexity index is 859. The summed E-state index contributed by atoms with van der Waals surface area (Å²) in [5, 5.41) is 0. The zero-order valence-corrected chi connectivity index (χ0v) is 15.4. The van der Waals surface area contributed by atoms with Gasteiger partial charge in [-0.15, -0.1) is 0 Å². The number of methoxy groups -OCH3 is 1. The maximum Gasteiger partial charge on any atom is 0.363 e. The van der Waals surface area contributed by atoms with Crippen LogP contribution in [0.4, 0.5) is 0 Å². The highest BCUT2D eigenvalue weighted by molar-refractivity contribution is 9.10. The summed E-state index contributed by atoms with van der Waals surface area (Å²) in [7, 11) is 1.57. The number of nitrogens with zero attached hydrogens (tertiary/aromatic N) is 1. The van der Waals surface area contributed by atoms with E-state index in [9.17, 15) is 4.79 Å². The van der Waals surface area contributed by atoms with E-state index in [0.717, 1.165) is 15.6 Å². The van der Waals surface area contributed by atoms with Gasteiger partial charge >= 0.3 is 5.97 Å². The highest BCUT2D eigenvalue weighted by Gasteiger charge is 2.20. The molecular formula is C19H16BrNO4. The Morgan fingerprint density at radius 1 is 1.24 bits per heavy atom. The van der Waals surface area contributed by atoms with E-state index in [1.807, 2.05) is 36.4 Å². The summed E-state index contributed by atoms with van der Waals surface area (Å²) in [6.07, 6.45) is 1.65. The lowest BCUT2D eigenvalue weighted by Gasteiger charge is -2.13. The summed E-state index contributed by atoms with van der Waals surface area (Å²) in [5.41, 5.74) is 2.06. The van der Waals surface area contributed by atoms with Crippen LogP contribution >= 0.6 is 15.9 Å². The molecule has 0 atom stereocenters. The highest BCUT2D eigenvalue weighted by atomic mass is 79.9. The van der Waals surface area contributed by atoms with Crippen molar-refractivity contribution in [3.8, 4) is 11.5 Å². The molecule has 0 spiro atoms. The van der Waals surface area contributed by atoms with Crippen molar-refractivity contribution < 1.29 is 19.0 Å². The van der Waals surface area contributed by atoms with E-state index in [1.165, 1.54) is 0 Å². The number of rotatable bonds is 5. The van der Waals surface area contributed by atoms with E-state index < -0.39 is 5.97 Å². The number of benzene rings is 2. The predicted molar refractivity (Wildman–Crippen MR) is 98.6 cm³/mol. The van der Waals surface area contributed by atoms with Crippen LogP contribution in [0.2, 0.25) is 0 Å². The first kappa shape index (κ1) is 17.2. The highest BCUT2D eigenvalue weighted by Crippen LogP contribution is 2.38. The summed E-state index contributed by atoms with van der Waals surface area (Å²) in [5.74, 6) is 1.04. The maximum absolute atomic E-state index is 11.7. The third-order valence-electron chi connectivity index (χ3n) is 3.51. The van der Waals surface area contributed by atoms with Crippen LogP contribution in [0.3, 0.4) is 0 Å². The predicted octanol–water partition coefficient (Wildman–Crippen LogP) is 4.35. The van der Waals surface area contributed by atoms with Gasteiger partial charge in [0, 0.05) is 6.92 Å². The molecule has 128 valence electrons. The van der Waals surface area contributed by atoms with E-state index in [-0.39, 0.29) is 5.70 Å². The first-order chi connectivity index (χ1) is 12.1. The number of carbonyl (C=O) groups is 1. The Morgan fingerprint density at radius 3 is 2.64 bits per heavy atom. The van der Waals surface area contributed by atoms with Gasteiger partial charge in [-0.3, -0.25) is 0 Å². The number of aliphatic imine (C=N–C) groups is 1. The standard InChI is InChI=1S/C19H16BrNO4/c1-12-21-16(19(22)25-12)9-14-8-15(20)18(17(10-14)23-2)24-11-13-6-4-3-5-7-13/h3-10H,11H2,1-2H3. The summed E-state index contributed by atoms with van der Waals surface area (Å²) >= 11 is 3.50. The molecule has 0 radical (unpaired) electrons. The number of carbonyl (C=O) groups excluding carboxylic acids is 1. The molecule has 0 aliphatic carbocycles. The summed E-state index contributed by atoms with van der Waals surface area (Å²) in [6.45, 7) is 2.06. The topological polar surface area (TPSA) is 57.1 Å². The van der Waals surface area contributed by atoms with E-state index in [4.69, 9.17) is 14.2 Å². The van der Waals surface area contributed by atoms with Crippen molar-refractivity contribution in [3.63, 3.8) is 0 Å². The minimum atomic E-state index is -0.461. The van der Waals surface area contributed by atoms with Gasteiger partial charge in [-0.1, -0.05) is 30.3 Å². The van der Waals surface area contributed by atoms with Crippen LogP contribution < -0.4 is 9.47 Å². The van der Waals surface area contributed by atoms with Crippen LogP contribution in [0.5, 0.6) is 11.5 Å². The first-order valence-corrected chi connectivity index (χ1v) is 8.39. The van der Waals surface area contributed by atoms with Crippen molar-refractivity contribution in [1.29, 1.82) is 0 Å². The lowest BCUT2D eigenvalue weighted by molar-refractivity contribution is -0.130. The first-order valence-electron chi connectivity index (χ1n) is 7.60. The summed E-state index contributed by atoms with van der Waals surface area (Å²) in [4.78, 5) is 15.7. The molecule has 1 aliphatic rings. The van der Waals surface area contributed by atoms with Crippen molar-refractivity contribution in [2.45, 2.75) is 13.5 Å². The van der Waals surface area contributed by atoms with E-state index in [0.29, 0.717) is 24.0 Å². The summed E-state index contributed by atoms with van der Waals surface area (Å²) in [6, 6.07) is 13.5. The van der Waals surface area contributed by atoms with Crippen molar-refractivity contribution >= 4 is 33.9 Å². The van der Waals surface area contributed by atoms with Gasteiger partial charge in [0.15, 0.2) is 23.1 Å². The quantitative estimate of drug-likeness (QED) is 0.551. The maximum atomic E-state index is 11.7. The summed E-state index contributed by atoms with van der Waals surface area (Å²) < 4.78 is 17.0. The SMILES string of the molecule is COc1cc(C=C2N=C(C)OC2=O)cc(Br)c1OCc1ccccc1. The number of halogens is 1. The average Bonchev–Trinajstić information content (AvgIpc) is 2.91. The van der Waals surface area contributed by atoms with Gasteiger partial charge in [-0.2, -0.15) is 0 Å². The fraction of sp³-hybridized carbons (Fsp3) is 0.158. The van der Waals surface area contributed by atoms with Gasteiger partial charge in [-0.25, -0.2) is 9.79 Å². The molecule has 2 aromatic carbocycles. The number of hydrogen-bond donors (Lipinski definition) is 0. The minimum Gasteiger partial charge on any atom is -0.493 e. The van der Waals surface area contributed by atoms with Gasteiger partial charge in [0.1, 0.15) is 6.61 Å². The molecule has 1 heterocycles. The Hall–Kier alpha value is -2.60. The fourth-order valence-corrected chi connectivity index (χ4v) is 2.94. The van der Waals surface area contributed by atoms with Gasteiger partial charge in [0.05, 0.1) is 11.6 Å². The largest absolute Gasteiger partial charge is 0.493 e. The lowest BCUT2D eigenvalue weighted by Crippen LogP contribution is -2.00. The molecule has 1 aliphatic heterocycles. The zero-order valence-electron chi connectivity index (χ0n) is 13.8. The molecule has 0 aromatic heterocycles. The van der Waals surface area contributed by atoms with E-state index >= 15 is 0 Å². The molecule has 5 nitrogen and oxygen atoms in total. The molecule has 0 saturated heterocycles. The molecule has 0 saturated carbocycles. The number of esters is 1. The monoisotopic (exact) mass is 401 g/mol. The molecule has 0 bridgehead atoms. The van der Waals surface area contributed by atoms with E-state index in [2.05, 4.69) is 20.9 Å². The van der Waals surface area contributed by atoms with Crippen LogP contribution in [-0.2, 0) is 16.1 Å². The van der Waals surface area contributed by atoms with Crippen LogP contribution in [0.1, 0.15) is 18.1 Å². The van der Waals surface area contributed by atoms with Crippen molar-refractivity contribution in [1.82, 2.24) is 0 Å².